The number of amides is 1. The molecule has 1 amide bonds. The molecule has 6 nitrogen and oxygen atoms in total. The normalized spacial score (nSPS) is 13.8. The van der Waals surface area contributed by atoms with E-state index in [1.807, 2.05) is 24.3 Å². The number of hydrogen-bond acceptors (Lipinski definition) is 4. The minimum Gasteiger partial charge on any atom is -0.332 e. The van der Waals surface area contributed by atoms with Crippen LogP contribution < -0.4 is 5.56 Å². The second-order valence-corrected chi connectivity index (χ2v) is 6.05. The number of benzene rings is 1. The van der Waals surface area contributed by atoms with Crippen LogP contribution in [0.3, 0.4) is 0 Å². The van der Waals surface area contributed by atoms with Crippen molar-refractivity contribution in [1.82, 2.24) is 19.9 Å². The molecule has 0 bridgehead atoms. The van der Waals surface area contributed by atoms with Gasteiger partial charge in [0, 0.05) is 18.4 Å². The molecule has 0 saturated heterocycles. The van der Waals surface area contributed by atoms with Crippen molar-refractivity contribution in [2.24, 2.45) is 0 Å². The van der Waals surface area contributed by atoms with Crippen molar-refractivity contribution >= 4 is 28.4 Å². The Bertz CT molecular complexity index is 1010. The summed E-state index contributed by atoms with van der Waals surface area (Å²) in [5, 5.41) is 1.19. The zero-order chi connectivity index (χ0) is 16.7. The van der Waals surface area contributed by atoms with E-state index in [4.69, 9.17) is 11.6 Å². The second-order valence-electron chi connectivity index (χ2n) is 5.65. The lowest BCUT2D eigenvalue weighted by molar-refractivity contribution is 0.0727. The van der Waals surface area contributed by atoms with Crippen molar-refractivity contribution in [2.75, 3.05) is 6.54 Å². The highest BCUT2D eigenvalue weighted by Crippen LogP contribution is 2.23. The molecule has 0 saturated carbocycles. The van der Waals surface area contributed by atoms with Gasteiger partial charge < -0.3 is 9.88 Å². The maximum atomic E-state index is 12.8. The first-order valence-corrected chi connectivity index (χ1v) is 7.91. The van der Waals surface area contributed by atoms with Crippen LogP contribution in [0, 0.1) is 0 Å². The first-order valence-electron chi connectivity index (χ1n) is 7.53. The number of hydrogen-bond donors (Lipinski definition) is 1. The molecule has 3 aromatic rings. The van der Waals surface area contributed by atoms with Gasteiger partial charge in [0.25, 0.3) is 11.5 Å². The van der Waals surface area contributed by atoms with Crippen molar-refractivity contribution in [3.63, 3.8) is 0 Å². The molecule has 1 N–H and O–H groups in total. The molecule has 0 unspecified atom stereocenters. The number of aromatic nitrogens is 3. The molecule has 7 heteroatoms. The minimum atomic E-state index is -0.278. The number of halogens is 1. The van der Waals surface area contributed by atoms with Crippen LogP contribution in [0.2, 0.25) is 5.02 Å². The summed E-state index contributed by atoms with van der Waals surface area (Å²) in [5.74, 6) is -0.278. The van der Waals surface area contributed by atoms with Crippen LogP contribution in [0.4, 0.5) is 0 Å². The molecule has 1 aliphatic rings. The zero-order valence-electron chi connectivity index (χ0n) is 12.6. The largest absolute Gasteiger partial charge is 0.332 e. The van der Waals surface area contributed by atoms with Gasteiger partial charge in [-0.15, -0.1) is 0 Å². The summed E-state index contributed by atoms with van der Waals surface area (Å²) >= 11 is 6.26. The Hall–Kier alpha value is -2.73. The molecule has 2 aromatic heterocycles. The number of nitrogens with zero attached hydrogens (tertiary/aromatic N) is 3. The average Bonchev–Trinajstić information content (AvgIpc) is 2.60. The summed E-state index contributed by atoms with van der Waals surface area (Å²) in [6.07, 6.45) is 1.93. The highest BCUT2D eigenvalue weighted by Gasteiger charge is 2.26. The number of pyridine rings is 1. The van der Waals surface area contributed by atoms with Crippen LogP contribution in [0.1, 0.15) is 21.7 Å². The first kappa shape index (κ1) is 14.8. The van der Waals surface area contributed by atoms with E-state index in [0.29, 0.717) is 29.1 Å². The van der Waals surface area contributed by atoms with E-state index in [1.54, 1.807) is 11.0 Å². The average molecular weight is 341 g/mol. The fourth-order valence-electron chi connectivity index (χ4n) is 2.92. The van der Waals surface area contributed by atoms with Crippen molar-refractivity contribution in [3.05, 3.63) is 69.0 Å². The fourth-order valence-corrected chi connectivity index (χ4v) is 3.16. The molecule has 4 rings (SSSR count). The summed E-state index contributed by atoms with van der Waals surface area (Å²) in [5.41, 5.74) is 1.96. The van der Waals surface area contributed by atoms with E-state index < -0.39 is 0 Å². The van der Waals surface area contributed by atoms with Gasteiger partial charge in [0.15, 0.2) is 0 Å². The number of para-hydroxylation sites is 1. The number of carbonyl (C=O) groups excluding carboxylic acids is 1. The third-order valence-corrected chi connectivity index (χ3v) is 4.46. The summed E-state index contributed by atoms with van der Waals surface area (Å²) in [4.78, 5) is 37.5. The summed E-state index contributed by atoms with van der Waals surface area (Å²) in [6, 6.07) is 9.22. The Morgan fingerprint density at radius 2 is 2.12 bits per heavy atom. The predicted octanol–water partition coefficient (Wildman–Crippen LogP) is 2.17. The van der Waals surface area contributed by atoms with Crippen LogP contribution in [-0.4, -0.2) is 32.3 Å². The van der Waals surface area contributed by atoms with Crippen molar-refractivity contribution in [2.45, 2.75) is 13.0 Å². The van der Waals surface area contributed by atoms with Crippen LogP contribution in [-0.2, 0) is 13.0 Å². The van der Waals surface area contributed by atoms with E-state index >= 15 is 0 Å². The lowest BCUT2D eigenvalue weighted by atomic mass is 10.1. The summed E-state index contributed by atoms with van der Waals surface area (Å²) in [6.45, 7) is 0.690. The van der Waals surface area contributed by atoms with Gasteiger partial charge >= 0.3 is 0 Å². The molecule has 1 aliphatic heterocycles. The van der Waals surface area contributed by atoms with Crippen LogP contribution in [0.25, 0.3) is 10.9 Å². The van der Waals surface area contributed by atoms with E-state index in [0.717, 1.165) is 11.1 Å². The van der Waals surface area contributed by atoms with Crippen LogP contribution in [0.5, 0.6) is 0 Å². The molecule has 24 heavy (non-hydrogen) atoms. The molecular formula is C17H13ClN4O2. The third-order valence-electron chi connectivity index (χ3n) is 4.17. The molecule has 0 radical (unpaired) electrons. The minimum absolute atomic E-state index is 0.208. The summed E-state index contributed by atoms with van der Waals surface area (Å²) in [7, 11) is 0. The smallest absolute Gasteiger partial charge is 0.274 e. The van der Waals surface area contributed by atoms with Crippen LogP contribution >= 0.6 is 11.6 Å². The number of aromatic amines is 1. The lowest BCUT2D eigenvalue weighted by Crippen LogP contribution is -2.39. The fraction of sp³-hybridized carbons (Fsp3) is 0.176. The Labute approximate surface area is 142 Å². The maximum Gasteiger partial charge on any atom is 0.274 e. The Kier molecular flexibility index (Phi) is 3.54. The molecule has 3 heterocycles. The standard InChI is InChI=1S/C17H13ClN4O2/c18-12-7-10-3-1-2-4-13(10)21-15(12)17(24)22-6-5-14-11(8-22)16(23)20-9-19-14/h1-4,7,9H,5-6,8H2,(H,19,20,23). The van der Waals surface area contributed by atoms with E-state index in [2.05, 4.69) is 15.0 Å². The topological polar surface area (TPSA) is 79.0 Å². The quantitative estimate of drug-likeness (QED) is 0.736. The third kappa shape index (κ3) is 2.45. The zero-order valence-corrected chi connectivity index (χ0v) is 13.4. The predicted molar refractivity (Wildman–Crippen MR) is 90.1 cm³/mol. The lowest BCUT2D eigenvalue weighted by Gasteiger charge is -2.27. The SMILES string of the molecule is O=C(c1nc2ccccc2cc1Cl)N1CCc2nc[nH]c(=O)c2C1. The van der Waals surface area contributed by atoms with Gasteiger partial charge in [-0.1, -0.05) is 29.8 Å². The molecule has 1 aromatic carbocycles. The Morgan fingerprint density at radius 3 is 3.00 bits per heavy atom. The number of carbonyl (C=O) groups is 1. The van der Waals surface area contributed by atoms with Crippen molar-refractivity contribution < 1.29 is 4.79 Å². The molecule has 0 fully saturated rings. The molecule has 120 valence electrons. The number of rotatable bonds is 1. The van der Waals surface area contributed by atoms with Gasteiger partial charge in [0.2, 0.25) is 0 Å². The molecule has 0 atom stereocenters. The van der Waals surface area contributed by atoms with E-state index in [-0.39, 0.29) is 23.7 Å². The van der Waals surface area contributed by atoms with Crippen molar-refractivity contribution in [1.29, 1.82) is 0 Å². The Morgan fingerprint density at radius 1 is 1.29 bits per heavy atom. The number of fused-ring (bicyclic) bond motifs is 2. The molecular weight excluding hydrogens is 328 g/mol. The second kappa shape index (κ2) is 5.72. The van der Waals surface area contributed by atoms with Gasteiger partial charge in [-0.05, 0) is 12.1 Å². The highest BCUT2D eigenvalue weighted by molar-refractivity contribution is 6.34. The first-order chi connectivity index (χ1) is 11.6. The van der Waals surface area contributed by atoms with Crippen LogP contribution in [0.15, 0.2) is 41.5 Å². The van der Waals surface area contributed by atoms with Gasteiger partial charge in [-0.2, -0.15) is 0 Å². The van der Waals surface area contributed by atoms with Gasteiger partial charge in [-0.3, -0.25) is 9.59 Å². The summed E-state index contributed by atoms with van der Waals surface area (Å²) < 4.78 is 0. The Balaban J connectivity index is 1.71. The maximum absolute atomic E-state index is 12.8. The number of nitrogens with one attached hydrogen (secondary N) is 1. The number of H-pyrrole nitrogens is 1. The van der Waals surface area contributed by atoms with Gasteiger partial charge in [-0.25, -0.2) is 9.97 Å². The highest BCUT2D eigenvalue weighted by atomic mass is 35.5. The van der Waals surface area contributed by atoms with Gasteiger partial charge in [0.05, 0.1) is 34.7 Å². The van der Waals surface area contributed by atoms with E-state index in [9.17, 15) is 9.59 Å². The van der Waals surface area contributed by atoms with E-state index in [1.165, 1.54) is 6.33 Å². The molecule has 0 spiro atoms. The molecule has 0 aliphatic carbocycles. The monoisotopic (exact) mass is 340 g/mol. The van der Waals surface area contributed by atoms with Gasteiger partial charge in [0.1, 0.15) is 5.69 Å². The van der Waals surface area contributed by atoms with Crippen molar-refractivity contribution in [3.8, 4) is 0 Å².